The summed E-state index contributed by atoms with van der Waals surface area (Å²) in [5.74, 6) is 0.793. The normalized spacial score (nSPS) is 10.4. The third kappa shape index (κ3) is 3.42. The molecule has 0 fully saturated rings. The average molecular weight is 352 g/mol. The molecule has 3 aromatic carbocycles. The molecule has 0 bridgehead atoms. The maximum atomic E-state index is 12.6. The van der Waals surface area contributed by atoms with Crippen LogP contribution in [0.5, 0.6) is 17.2 Å². The zero-order chi connectivity index (χ0) is 18.5. The maximum absolute atomic E-state index is 12.6. The number of fused-ring (bicyclic) bond motifs is 1. The van der Waals surface area contributed by atoms with Gasteiger partial charge in [-0.05, 0) is 16.3 Å². The summed E-state index contributed by atoms with van der Waals surface area (Å²) in [5, 5.41) is 2.16. The van der Waals surface area contributed by atoms with E-state index in [4.69, 9.17) is 18.9 Å². The highest BCUT2D eigenvalue weighted by atomic mass is 16.5. The van der Waals surface area contributed by atoms with Gasteiger partial charge in [-0.2, -0.15) is 0 Å². The van der Waals surface area contributed by atoms with Crippen LogP contribution in [0.1, 0.15) is 15.9 Å². The largest absolute Gasteiger partial charge is 0.496 e. The quantitative estimate of drug-likeness (QED) is 0.622. The van der Waals surface area contributed by atoms with Crippen LogP contribution in [0.15, 0.2) is 54.6 Å². The Morgan fingerprint density at radius 1 is 0.808 bits per heavy atom. The molecule has 26 heavy (non-hydrogen) atoms. The Kier molecular flexibility index (Phi) is 5.27. The third-order valence-electron chi connectivity index (χ3n) is 4.16. The molecule has 0 aromatic heterocycles. The summed E-state index contributed by atoms with van der Waals surface area (Å²) < 4.78 is 21.3. The number of hydrogen-bond acceptors (Lipinski definition) is 5. The molecule has 0 aliphatic heterocycles. The van der Waals surface area contributed by atoms with Crippen LogP contribution < -0.4 is 14.2 Å². The molecule has 0 amide bonds. The van der Waals surface area contributed by atoms with E-state index in [0.29, 0.717) is 17.2 Å². The molecule has 0 saturated carbocycles. The van der Waals surface area contributed by atoms with Gasteiger partial charge in [-0.1, -0.05) is 42.5 Å². The van der Waals surface area contributed by atoms with Crippen molar-refractivity contribution in [3.63, 3.8) is 0 Å². The van der Waals surface area contributed by atoms with Crippen molar-refractivity contribution in [1.82, 2.24) is 0 Å². The number of methoxy groups -OCH3 is 3. The topological polar surface area (TPSA) is 54.0 Å². The third-order valence-corrected chi connectivity index (χ3v) is 4.16. The summed E-state index contributed by atoms with van der Waals surface area (Å²) in [7, 11) is 4.52. The summed E-state index contributed by atoms with van der Waals surface area (Å²) in [6, 6.07) is 17.1. The van der Waals surface area contributed by atoms with Gasteiger partial charge in [0.15, 0.2) is 11.5 Å². The highest BCUT2D eigenvalue weighted by Gasteiger charge is 2.19. The second kappa shape index (κ2) is 7.78. The molecular formula is C21H20O5. The van der Waals surface area contributed by atoms with Gasteiger partial charge in [0.25, 0.3) is 0 Å². The summed E-state index contributed by atoms with van der Waals surface area (Å²) in [6.07, 6.45) is 0. The van der Waals surface area contributed by atoms with Crippen molar-refractivity contribution in [3.8, 4) is 17.2 Å². The first-order valence-corrected chi connectivity index (χ1v) is 8.11. The Morgan fingerprint density at radius 3 is 2.19 bits per heavy atom. The van der Waals surface area contributed by atoms with Gasteiger partial charge in [-0.15, -0.1) is 0 Å². The summed E-state index contributed by atoms with van der Waals surface area (Å²) >= 11 is 0. The molecule has 0 atom stereocenters. The van der Waals surface area contributed by atoms with Gasteiger partial charge in [-0.25, -0.2) is 4.79 Å². The lowest BCUT2D eigenvalue weighted by molar-refractivity contribution is 0.0470. The van der Waals surface area contributed by atoms with E-state index in [2.05, 4.69) is 0 Å². The minimum absolute atomic E-state index is 0.164. The molecule has 0 N–H and O–H groups in total. The Bertz CT molecular complexity index is 928. The molecule has 0 spiro atoms. The molecule has 0 radical (unpaired) electrons. The van der Waals surface area contributed by atoms with E-state index >= 15 is 0 Å². The fourth-order valence-electron chi connectivity index (χ4n) is 2.83. The first-order valence-electron chi connectivity index (χ1n) is 8.11. The van der Waals surface area contributed by atoms with Crippen LogP contribution in [0.3, 0.4) is 0 Å². The van der Waals surface area contributed by atoms with E-state index in [1.165, 1.54) is 21.3 Å². The van der Waals surface area contributed by atoms with Crippen molar-refractivity contribution >= 4 is 16.7 Å². The predicted molar refractivity (Wildman–Crippen MR) is 99.2 cm³/mol. The van der Waals surface area contributed by atoms with Crippen LogP contribution >= 0.6 is 0 Å². The first-order chi connectivity index (χ1) is 12.7. The number of esters is 1. The minimum Gasteiger partial charge on any atom is -0.496 e. The van der Waals surface area contributed by atoms with E-state index in [1.807, 2.05) is 42.5 Å². The monoisotopic (exact) mass is 352 g/mol. The Balaban J connectivity index is 1.86. The van der Waals surface area contributed by atoms with E-state index in [9.17, 15) is 4.79 Å². The minimum atomic E-state index is -0.490. The second-order valence-electron chi connectivity index (χ2n) is 5.62. The van der Waals surface area contributed by atoms with E-state index in [-0.39, 0.29) is 12.2 Å². The van der Waals surface area contributed by atoms with Gasteiger partial charge < -0.3 is 18.9 Å². The van der Waals surface area contributed by atoms with Gasteiger partial charge >= 0.3 is 5.97 Å². The molecule has 3 rings (SSSR count). The SMILES string of the molecule is COc1cc(OC)c(C(=O)OCc2cccc3ccccc23)cc1OC. The number of rotatable bonds is 6. The van der Waals surface area contributed by atoms with Crippen molar-refractivity contribution < 1.29 is 23.7 Å². The molecule has 5 heteroatoms. The van der Waals surface area contributed by atoms with Crippen LogP contribution in [0.25, 0.3) is 10.8 Å². The van der Waals surface area contributed by atoms with Crippen LogP contribution in [0, 0.1) is 0 Å². The molecule has 0 saturated heterocycles. The van der Waals surface area contributed by atoms with Crippen molar-refractivity contribution in [2.45, 2.75) is 6.61 Å². The lowest BCUT2D eigenvalue weighted by Crippen LogP contribution is -2.08. The van der Waals surface area contributed by atoms with E-state index in [1.54, 1.807) is 12.1 Å². The molecule has 0 aliphatic rings. The maximum Gasteiger partial charge on any atom is 0.342 e. The zero-order valence-corrected chi connectivity index (χ0v) is 14.9. The fraction of sp³-hybridized carbons (Fsp3) is 0.190. The lowest BCUT2D eigenvalue weighted by Gasteiger charge is -2.14. The van der Waals surface area contributed by atoms with Gasteiger partial charge in [0.1, 0.15) is 17.9 Å². The van der Waals surface area contributed by atoms with Crippen LogP contribution in [-0.4, -0.2) is 27.3 Å². The van der Waals surface area contributed by atoms with Crippen LogP contribution in [0.2, 0.25) is 0 Å². The van der Waals surface area contributed by atoms with Crippen molar-refractivity contribution in [1.29, 1.82) is 0 Å². The Labute approximate surface area is 152 Å². The standard InChI is InChI=1S/C21H20O5/c1-23-18-12-20(25-3)19(24-2)11-17(18)21(22)26-13-15-9-6-8-14-7-4-5-10-16(14)15/h4-12H,13H2,1-3H3. The Hall–Kier alpha value is -3.21. The van der Waals surface area contributed by atoms with Crippen molar-refractivity contribution in [3.05, 3.63) is 65.7 Å². The smallest absolute Gasteiger partial charge is 0.342 e. The number of carbonyl (C=O) groups excluding carboxylic acids is 1. The van der Waals surface area contributed by atoms with Crippen molar-refractivity contribution in [2.24, 2.45) is 0 Å². The summed E-state index contributed by atoms with van der Waals surface area (Å²) in [4.78, 5) is 12.6. The molecule has 3 aromatic rings. The highest BCUT2D eigenvalue weighted by molar-refractivity contribution is 5.94. The van der Waals surface area contributed by atoms with Gasteiger partial charge in [0.2, 0.25) is 0 Å². The molecule has 0 unspecified atom stereocenters. The fourth-order valence-corrected chi connectivity index (χ4v) is 2.83. The van der Waals surface area contributed by atoms with Gasteiger partial charge in [-0.3, -0.25) is 0 Å². The van der Waals surface area contributed by atoms with Crippen LogP contribution in [0.4, 0.5) is 0 Å². The molecule has 134 valence electrons. The predicted octanol–water partition coefficient (Wildman–Crippen LogP) is 4.22. The second-order valence-corrected chi connectivity index (χ2v) is 5.62. The number of benzene rings is 3. The van der Waals surface area contributed by atoms with Gasteiger partial charge in [0, 0.05) is 12.1 Å². The van der Waals surface area contributed by atoms with Crippen molar-refractivity contribution in [2.75, 3.05) is 21.3 Å². The van der Waals surface area contributed by atoms with Gasteiger partial charge in [0.05, 0.1) is 21.3 Å². The van der Waals surface area contributed by atoms with E-state index < -0.39 is 5.97 Å². The average Bonchev–Trinajstić information content (AvgIpc) is 2.70. The lowest BCUT2D eigenvalue weighted by atomic mass is 10.1. The number of ether oxygens (including phenoxy) is 4. The van der Waals surface area contributed by atoms with Crippen LogP contribution in [-0.2, 0) is 11.3 Å². The summed E-state index contributed by atoms with van der Waals surface area (Å²) in [6.45, 7) is 0.164. The highest BCUT2D eigenvalue weighted by Crippen LogP contribution is 2.35. The molecule has 5 nitrogen and oxygen atoms in total. The Morgan fingerprint density at radius 2 is 1.46 bits per heavy atom. The van der Waals surface area contributed by atoms with E-state index in [0.717, 1.165) is 16.3 Å². The number of hydrogen-bond donors (Lipinski definition) is 0. The molecular weight excluding hydrogens is 332 g/mol. The molecule has 0 aliphatic carbocycles. The molecule has 0 heterocycles. The summed E-state index contributed by atoms with van der Waals surface area (Å²) in [5.41, 5.74) is 1.22. The number of carbonyl (C=O) groups is 1. The first kappa shape index (κ1) is 17.6. The zero-order valence-electron chi connectivity index (χ0n) is 14.9.